The topological polar surface area (TPSA) is 57.5 Å². The largest absolute Gasteiger partial charge is 0.481 e. The highest BCUT2D eigenvalue weighted by atomic mass is 127. The summed E-state index contributed by atoms with van der Waals surface area (Å²) in [6.45, 7) is 1.86. The Labute approximate surface area is 92.8 Å². The fourth-order valence-electron chi connectivity index (χ4n) is 0.481. The average molecular weight is 384 g/mol. The lowest BCUT2D eigenvalue weighted by Gasteiger charge is -2.23. The van der Waals surface area contributed by atoms with Crippen LogP contribution in [0.2, 0.25) is 0 Å². The molecule has 0 bridgehead atoms. The molecule has 2 N–H and O–H groups in total. The van der Waals surface area contributed by atoms with E-state index in [0.717, 1.165) is 0 Å². The highest BCUT2D eigenvalue weighted by Gasteiger charge is 2.28. The Morgan fingerprint density at radius 3 is 2.45 bits per heavy atom. The Bertz CT molecular complexity index is 145. The van der Waals surface area contributed by atoms with Crippen LogP contribution in [0.15, 0.2) is 0 Å². The second kappa shape index (κ2) is 4.80. The normalized spacial score (nSPS) is 18.9. The third kappa shape index (κ3) is 5.18. The third-order valence-corrected chi connectivity index (χ3v) is 4.99. The average Bonchev–Trinajstić information content (AvgIpc) is 1.84. The smallest absolute Gasteiger partial charge is 0.303 e. The molecule has 0 aliphatic heterocycles. The zero-order valence-electron chi connectivity index (χ0n) is 6.05. The fourth-order valence-corrected chi connectivity index (χ4v) is 1.06. The highest BCUT2D eigenvalue weighted by Crippen LogP contribution is 2.30. The van der Waals surface area contributed by atoms with Crippen LogP contribution in [0.25, 0.3) is 0 Å². The monoisotopic (exact) mass is 384 g/mol. The number of aliphatic carboxylic acids is 1. The van der Waals surface area contributed by atoms with Crippen molar-refractivity contribution in [2.45, 2.75) is 27.3 Å². The minimum Gasteiger partial charge on any atom is -0.481 e. The van der Waals surface area contributed by atoms with Crippen molar-refractivity contribution in [3.05, 3.63) is 0 Å². The summed E-state index contributed by atoms with van der Waals surface area (Å²) in [6, 6.07) is 0. The van der Waals surface area contributed by atoms with Gasteiger partial charge in [0.05, 0.1) is 0 Å². The summed E-state index contributed by atoms with van der Waals surface area (Å²) >= 11 is 3.97. The third-order valence-electron chi connectivity index (χ3n) is 1.30. The van der Waals surface area contributed by atoms with E-state index in [-0.39, 0.29) is 10.3 Å². The van der Waals surface area contributed by atoms with Crippen molar-refractivity contribution in [1.82, 2.24) is 0 Å². The minimum atomic E-state index is -0.892. The van der Waals surface area contributed by atoms with Crippen LogP contribution in [0.5, 0.6) is 0 Å². The molecule has 0 fully saturated rings. The molecule has 0 saturated heterocycles. The summed E-state index contributed by atoms with van der Waals surface area (Å²) in [5, 5.41) is 17.9. The van der Waals surface area contributed by atoms with E-state index in [1.807, 2.05) is 29.5 Å². The van der Waals surface area contributed by atoms with Crippen LogP contribution in [0.4, 0.5) is 0 Å². The minimum absolute atomic E-state index is 0.0206. The van der Waals surface area contributed by atoms with E-state index >= 15 is 0 Å². The first-order valence-corrected chi connectivity index (χ1v) is 5.46. The molecule has 0 aliphatic rings. The Morgan fingerprint density at radius 2 is 2.18 bits per heavy atom. The zero-order valence-corrected chi connectivity index (χ0v) is 10.4. The van der Waals surface area contributed by atoms with Gasteiger partial charge < -0.3 is 10.2 Å². The molecular weight excluding hydrogens is 374 g/mol. The molecule has 0 aromatic carbocycles. The van der Waals surface area contributed by atoms with E-state index < -0.39 is 9.58 Å². The van der Waals surface area contributed by atoms with Gasteiger partial charge >= 0.3 is 5.97 Å². The van der Waals surface area contributed by atoms with Gasteiger partial charge in [-0.05, 0) is 35.9 Å². The van der Waals surface area contributed by atoms with Crippen LogP contribution in [0.1, 0.15) is 19.8 Å². The number of alkyl halides is 2. The van der Waals surface area contributed by atoms with Crippen LogP contribution in [-0.2, 0) is 4.79 Å². The van der Waals surface area contributed by atoms with E-state index in [0.29, 0.717) is 6.42 Å². The fraction of sp³-hybridized carbons (Fsp3) is 0.833. The zero-order chi connectivity index (χ0) is 9.07. The van der Waals surface area contributed by atoms with Crippen molar-refractivity contribution in [1.29, 1.82) is 0 Å². The number of hydrogen-bond donors (Lipinski definition) is 2. The van der Waals surface area contributed by atoms with Gasteiger partial charge in [-0.25, -0.2) is 0 Å². The van der Waals surface area contributed by atoms with Gasteiger partial charge in [0, 0.05) is 10.3 Å². The molecule has 0 saturated carbocycles. The predicted molar refractivity (Wildman–Crippen MR) is 59.3 cm³/mol. The van der Waals surface area contributed by atoms with Crippen molar-refractivity contribution < 1.29 is 15.0 Å². The number of aliphatic hydroxyl groups is 1. The van der Waals surface area contributed by atoms with E-state index in [1.165, 1.54) is 0 Å². The van der Waals surface area contributed by atoms with Gasteiger partial charge in [-0.15, -0.1) is 0 Å². The summed E-state index contributed by atoms with van der Waals surface area (Å²) in [5.74, 6) is -0.864. The van der Waals surface area contributed by atoms with Crippen LogP contribution in [0.3, 0.4) is 0 Å². The molecule has 0 heterocycles. The van der Waals surface area contributed by atoms with Crippen LogP contribution in [-0.4, -0.2) is 23.7 Å². The number of carbonyl (C=O) groups is 1. The van der Waals surface area contributed by atoms with Gasteiger partial charge in [-0.1, -0.05) is 22.6 Å². The number of hydrogen-bond acceptors (Lipinski definition) is 2. The van der Waals surface area contributed by atoms with E-state index in [2.05, 4.69) is 22.6 Å². The van der Waals surface area contributed by atoms with Gasteiger partial charge in [0.25, 0.3) is 0 Å². The molecule has 0 aliphatic carbocycles. The maximum atomic E-state index is 10.2. The first-order valence-electron chi connectivity index (χ1n) is 3.13. The molecule has 3 nitrogen and oxygen atoms in total. The highest BCUT2D eigenvalue weighted by molar-refractivity contribution is 14.1. The molecule has 0 amide bonds. The number of carboxylic acids is 1. The summed E-state index contributed by atoms with van der Waals surface area (Å²) in [4.78, 5) is 10.2. The van der Waals surface area contributed by atoms with E-state index in [9.17, 15) is 9.90 Å². The summed E-state index contributed by atoms with van der Waals surface area (Å²) < 4.78 is -0.837. The molecule has 0 rings (SSSR count). The molecule has 2 atom stereocenters. The molecule has 0 aromatic heterocycles. The van der Waals surface area contributed by atoms with Gasteiger partial charge in [0.1, 0.15) is 3.61 Å². The maximum absolute atomic E-state index is 10.2. The predicted octanol–water partition coefficient (Wildman–Crippen LogP) is 1.80. The van der Waals surface area contributed by atoms with Crippen molar-refractivity contribution in [2.24, 2.45) is 0 Å². The lowest BCUT2D eigenvalue weighted by atomic mass is 10.1. The Kier molecular flexibility index (Phi) is 5.19. The van der Waals surface area contributed by atoms with Gasteiger partial charge in [-0.2, -0.15) is 0 Å². The Hall–Kier alpha value is 0.890. The summed E-state index contributed by atoms with van der Waals surface area (Å²) in [6.07, 6.45) is 0.319. The van der Waals surface area contributed by atoms with Crippen molar-refractivity contribution >= 4 is 51.2 Å². The summed E-state index contributed by atoms with van der Waals surface area (Å²) in [7, 11) is 0. The van der Waals surface area contributed by atoms with Gasteiger partial charge in [-0.3, -0.25) is 4.79 Å². The number of rotatable bonds is 4. The maximum Gasteiger partial charge on any atom is 0.303 e. The Morgan fingerprint density at radius 1 is 1.73 bits per heavy atom. The number of halogens is 2. The summed E-state index contributed by atoms with van der Waals surface area (Å²) in [5.41, 5.74) is 0. The molecular formula is C6H10I2O3. The second-order valence-corrected chi connectivity index (χ2v) is 6.06. The van der Waals surface area contributed by atoms with Gasteiger partial charge in [0.2, 0.25) is 0 Å². The van der Waals surface area contributed by atoms with E-state index in [1.54, 1.807) is 0 Å². The molecule has 66 valence electrons. The SMILES string of the molecule is CC(I)C(O)(I)CCC(=O)O. The van der Waals surface area contributed by atoms with Crippen LogP contribution < -0.4 is 0 Å². The molecule has 5 heteroatoms. The lowest BCUT2D eigenvalue weighted by molar-refractivity contribution is -0.137. The van der Waals surface area contributed by atoms with Gasteiger partial charge in [0.15, 0.2) is 0 Å². The van der Waals surface area contributed by atoms with Crippen molar-refractivity contribution in [2.75, 3.05) is 0 Å². The molecule has 0 radical (unpaired) electrons. The quantitative estimate of drug-likeness (QED) is 0.575. The van der Waals surface area contributed by atoms with Crippen LogP contribution >= 0.6 is 45.2 Å². The molecule has 11 heavy (non-hydrogen) atoms. The van der Waals surface area contributed by atoms with E-state index in [4.69, 9.17) is 5.11 Å². The second-order valence-electron chi connectivity index (χ2n) is 2.33. The molecule has 0 aromatic rings. The first kappa shape index (κ1) is 11.9. The van der Waals surface area contributed by atoms with Crippen LogP contribution in [0, 0.1) is 0 Å². The molecule has 2 unspecified atom stereocenters. The lowest BCUT2D eigenvalue weighted by Crippen LogP contribution is -2.29. The van der Waals surface area contributed by atoms with Crippen molar-refractivity contribution in [3.63, 3.8) is 0 Å². The Balaban J connectivity index is 3.82. The first-order chi connectivity index (χ1) is 4.86. The number of carboxylic acid groups (broad SMARTS) is 1. The standard InChI is InChI=1S/C6H10I2O3/c1-4(7)6(8,11)3-2-5(9)10/h4,11H,2-3H2,1H3,(H,9,10). The molecule has 0 spiro atoms. The van der Waals surface area contributed by atoms with Crippen molar-refractivity contribution in [3.8, 4) is 0 Å².